The van der Waals surface area contributed by atoms with Crippen molar-refractivity contribution in [3.05, 3.63) is 47.7 Å². The number of hydrogen-bond acceptors (Lipinski definition) is 5. The first-order valence-electron chi connectivity index (χ1n) is 7.37. The standard InChI is InChI=1S/C17H16F3N3O2/c1-11(25-14-6-4-3-5-13(14)24-2)10-22-16-12(9-21)7-8-15(23-16)17(18,19)20/h3-8,11H,10H2,1-2H3,(H,22,23). The molecule has 0 spiro atoms. The highest BCUT2D eigenvalue weighted by Gasteiger charge is 2.33. The number of hydrogen-bond donors (Lipinski definition) is 1. The SMILES string of the molecule is COc1ccccc1OC(C)CNc1nc(C(F)(F)F)ccc1C#N. The molecule has 1 heterocycles. The van der Waals surface area contributed by atoms with Crippen molar-refractivity contribution in [2.75, 3.05) is 19.0 Å². The number of aromatic nitrogens is 1. The van der Waals surface area contributed by atoms with Crippen LogP contribution in [-0.4, -0.2) is 24.7 Å². The van der Waals surface area contributed by atoms with E-state index >= 15 is 0 Å². The smallest absolute Gasteiger partial charge is 0.433 e. The van der Waals surface area contributed by atoms with Gasteiger partial charge in [0.1, 0.15) is 23.7 Å². The van der Waals surface area contributed by atoms with Crippen molar-refractivity contribution in [1.29, 1.82) is 5.26 Å². The molecule has 0 radical (unpaired) electrons. The Labute approximate surface area is 143 Å². The second kappa shape index (κ2) is 7.75. The summed E-state index contributed by atoms with van der Waals surface area (Å²) in [7, 11) is 1.51. The molecule has 1 aromatic heterocycles. The molecule has 8 heteroatoms. The van der Waals surface area contributed by atoms with Gasteiger partial charge in [0.15, 0.2) is 11.5 Å². The molecule has 0 aliphatic rings. The highest BCUT2D eigenvalue weighted by Crippen LogP contribution is 2.30. The summed E-state index contributed by atoms with van der Waals surface area (Å²) in [6, 6.07) is 10.7. The Kier molecular flexibility index (Phi) is 5.70. The van der Waals surface area contributed by atoms with E-state index in [9.17, 15) is 13.2 Å². The van der Waals surface area contributed by atoms with Gasteiger partial charge < -0.3 is 14.8 Å². The third kappa shape index (κ3) is 4.76. The Morgan fingerprint density at radius 3 is 2.48 bits per heavy atom. The van der Waals surface area contributed by atoms with Crippen LogP contribution in [0.1, 0.15) is 18.2 Å². The molecule has 2 rings (SSSR count). The lowest BCUT2D eigenvalue weighted by Crippen LogP contribution is -2.24. The molecule has 1 atom stereocenters. The number of nitrogens with zero attached hydrogens (tertiary/aromatic N) is 2. The molecule has 0 aliphatic heterocycles. The van der Waals surface area contributed by atoms with Crippen LogP contribution in [0.3, 0.4) is 0 Å². The predicted molar refractivity (Wildman–Crippen MR) is 85.5 cm³/mol. The van der Waals surface area contributed by atoms with Gasteiger partial charge in [-0.25, -0.2) is 4.98 Å². The summed E-state index contributed by atoms with van der Waals surface area (Å²) in [6.45, 7) is 1.89. The Morgan fingerprint density at radius 2 is 1.88 bits per heavy atom. The van der Waals surface area contributed by atoms with Gasteiger partial charge in [-0.1, -0.05) is 12.1 Å². The van der Waals surface area contributed by atoms with Gasteiger partial charge in [0.05, 0.1) is 19.2 Å². The number of ether oxygens (including phenoxy) is 2. The number of benzene rings is 1. The average Bonchev–Trinajstić information content (AvgIpc) is 2.59. The minimum atomic E-state index is -4.58. The molecule has 0 saturated carbocycles. The number of para-hydroxylation sites is 2. The van der Waals surface area contributed by atoms with Gasteiger partial charge in [0, 0.05) is 0 Å². The first kappa shape index (κ1) is 18.4. The summed E-state index contributed by atoms with van der Waals surface area (Å²) < 4.78 is 49.2. The van der Waals surface area contributed by atoms with Crippen LogP contribution < -0.4 is 14.8 Å². The number of nitriles is 1. The van der Waals surface area contributed by atoms with Crippen LogP contribution in [0.15, 0.2) is 36.4 Å². The van der Waals surface area contributed by atoms with Crippen LogP contribution in [0, 0.1) is 11.3 Å². The maximum absolute atomic E-state index is 12.8. The molecular formula is C17H16F3N3O2. The molecule has 0 bridgehead atoms. The zero-order valence-corrected chi connectivity index (χ0v) is 13.6. The Bertz CT molecular complexity index is 772. The summed E-state index contributed by atoms with van der Waals surface area (Å²) in [5, 5.41) is 11.8. The normalized spacial score (nSPS) is 12.2. The zero-order chi connectivity index (χ0) is 18.4. The third-order valence-corrected chi connectivity index (χ3v) is 3.26. The van der Waals surface area contributed by atoms with Crippen LogP contribution in [0.4, 0.5) is 19.0 Å². The van der Waals surface area contributed by atoms with E-state index in [1.807, 2.05) is 6.07 Å². The molecule has 1 aromatic carbocycles. The van der Waals surface area contributed by atoms with Crippen LogP contribution in [0.2, 0.25) is 0 Å². The maximum atomic E-state index is 12.8. The minimum absolute atomic E-state index is 0.0255. The van der Waals surface area contributed by atoms with Gasteiger partial charge in [-0.05, 0) is 31.2 Å². The van der Waals surface area contributed by atoms with Crippen LogP contribution in [0.5, 0.6) is 11.5 Å². The highest BCUT2D eigenvalue weighted by molar-refractivity contribution is 5.52. The summed E-state index contributed by atoms with van der Waals surface area (Å²) in [5.41, 5.74) is -1.04. The van der Waals surface area contributed by atoms with Gasteiger partial charge in [-0.2, -0.15) is 18.4 Å². The highest BCUT2D eigenvalue weighted by atomic mass is 19.4. The molecule has 2 aromatic rings. The Balaban J connectivity index is 2.08. The van der Waals surface area contributed by atoms with E-state index in [0.29, 0.717) is 11.5 Å². The van der Waals surface area contributed by atoms with Crippen LogP contribution in [-0.2, 0) is 6.18 Å². The van der Waals surface area contributed by atoms with Crippen LogP contribution in [0.25, 0.3) is 0 Å². The monoisotopic (exact) mass is 351 g/mol. The lowest BCUT2D eigenvalue weighted by atomic mass is 10.2. The third-order valence-electron chi connectivity index (χ3n) is 3.26. The molecule has 0 aliphatic carbocycles. The number of nitrogens with one attached hydrogen (secondary N) is 1. The first-order valence-corrected chi connectivity index (χ1v) is 7.37. The fraction of sp³-hybridized carbons (Fsp3) is 0.294. The number of rotatable bonds is 6. The number of methoxy groups -OCH3 is 1. The second-order valence-corrected chi connectivity index (χ2v) is 5.16. The fourth-order valence-corrected chi connectivity index (χ4v) is 2.06. The molecule has 5 nitrogen and oxygen atoms in total. The summed E-state index contributed by atoms with van der Waals surface area (Å²) in [4.78, 5) is 3.49. The second-order valence-electron chi connectivity index (χ2n) is 5.16. The molecule has 25 heavy (non-hydrogen) atoms. The van der Waals surface area contributed by atoms with Gasteiger partial charge in [-0.3, -0.25) is 0 Å². The van der Waals surface area contributed by atoms with Gasteiger partial charge in [0.2, 0.25) is 0 Å². The average molecular weight is 351 g/mol. The molecular weight excluding hydrogens is 335 g/mol. The summed E-state index contributed by atoms with van der Waals surface area (Å²) in [6.07, 6.45) is -4.98. The quantitative estimate of drug-likeness (QED) is 0.856. The number of halogens is 3. The Hall–Kier alpha value is -2.95. The minimum Gasteiger partial charge on any atom is -0.493 e. The predicted octanol–water partition coefficient (Wildman–Crippen LogP) is 3.86. The van der Waals surface area contributed by atoms with E-state index in [1.165, 1.54) is 7.11 Å². The van der Waals surface area contributed by atoms with Crippen molar-refractivity contribution >= 4 is 5.82 Å². The zero-order valence-electron chi connectivity index (χ0n) is 13.6. The van der Waals surface area contributed by atoms with Gasteiger partial charge in [-0.15, -0.1) is 0 Å². The van der Waals surface area contributed by atoms with E-state index in [4.69, 9.17) is 14.7 Å². The van der Waals surface area contributed by atoms with Crippen LogP contribution >= 0.6 is 0 Å². The first-order chi connectivity index (χ1) is 11.8. The molecule has 1 N–H and O–H groups in total. The molecule has 0 fully saturated rings. The largest absolute Gasteiger partial charge is 0.493 e. The van der Waals surface area contributed by atoms with Crippen molar-refractivity contribution in [2.45, 2.75) is 19.2 Å². The van der Waals surface area contributed by atoms with Crippen molar-refractivity contribution in [1.82, 2.24) is 4.98 Å². The number of anilines is 1. The van der Waals surface area contributed by atoms with Crippen molar-refractivity contribution < 1.29 is 22.6 Å². The van der Waals surface area contributed by atoms with E-state index in [0.717, 1.165) is 12.1 Å². The van der Waals surface area contributed by atoms with E-state index in [2.05, 4.69) is 10.3 Å². The van der Waals surface area contributed by atoms with Crippen molar-refractivity contribution in [3.8, 4) is 17.6 Å². The number of pyridine rings is 1. The van der Waals surface area contributed by atoms with Gasteiger partial charge >= 0.3 is 6.18 Å². The topological polar surface area (TPSA) is 67.2 Å². The maximum Gasteiger partial charge on any atom is 0.433 e. The van der Waals surface area contributed by atoms with E-state index in [-0.39, 0.29) is 17.9 Å². The lowest BCUT2D eigenvalue weighted by molar-refractivity contribution is -0.141. The van der Waals surface area contributed by atoms with E-state index in [1.54, 1.807) is 31.2 Å². The summed E-state index contributed by atoms with van der Waals surface area (Å²) >= 11 is 0. The molecule has 1 unspecified atom stereocenters. The lowest BCUT2D eigenvalue weighted by Gasteiger charge is -2.18. The molecule has 0 saturated heterocycles. The van der Waals surface area contributed by atoms with Crippen molar-refractivity contribution in [3.63, 3.8) is 0 Å². The van der Waals surface area contributed by atoms with E-state index < -0.39 is 18.0 Å². The van der Waals surface area contributed by atoms with Crippen molar-refractivity contribution in [2.24, 2.45) is 0 Å². The summed E-state index contributed by atoms with van der Waals surface area (Å²) in [5.74, 6) is 0.925. The number of alkyl halides is 3. The van der Waals surface area contributed by atoms with Gasteiger partial charge in [0.25, 0.3) is 0 Å². The Morgan fingerprint density at radius 1 is 1.20 bits per heavy atom. The fourth-order valence-electron chi connectivity index (χ4n) is 2.06. The molecule has 132 valence electrons. The molecule has 0 amide bonds.